The molecule has 0 aliphatic carbocycles. The van der Waals surface area contributed by atoms with Crippen molar-refractivity contribution in [3.05, 3.63) is 70.6 Å². The van der Waals surface area contributed by atoms with Gasteiger partial charge in [-0.3, -0.25) is 4.79 Å². The van der Waals surface area contributed by atoms with Gasteiger partial charge in [0, 0.05) is 5.41 Å². The fourth-order valence-corrected chi connectivity index (χ4v) is 4.63. The first-order valence-electron chi connectivity index (χ1n) is 9.10. The van der Waals surface area contributed by atoms with Crippen molar-refractivity contribution in [1.82, 2.24) is 9.71 Å². The number of hydrogen-bond donors (Lipinski definition) is 1. The zero-order valence-corrected chi connectivity index (χ0v) is 17.7. The van der Waals surface area contributed by atoms with Crippen LogP contribution in [0.1, 0.15) is 24.4 Å². The van der Waals surface area contributed by atoms with E-state index >= 15 is 0 Å². The number of fused-ring (bicyclic) bond motifs is 1. The maximum Gasteiger partial charge on any atom is 0.324 e. The number of carbonyl (C=O) groups is 1. The Labute approximate surface area is 174 Å². The van der Waals surface area contributed by atoms with Crippen LogP contribution in [0, 0.1) is 5.92 Å². The highest BCUT2D eigenvalue weighted by molar-refractivity contribution is 7.92. The number of rotatable bonds is 8. The molecular formula is C21H22N2O4S2. The first-order chi connectivity index (χ1) is 13.8. The van der Waals surface area contributed by atoms with E-state index in [2.05, 4.69) is 9.71 Å². The Hall–Kier alpha value is -2.55. The summed E-state index contributed by atoms with van der Waals surface area (Å²) in [5.74, 6) is -0.909. The van der Waals surface area contributed by atoms with E-state index in [-0.39, 0.29) is 12.5 Å². The fourth-order valence-electron chi connectivity index (χ4n) is 2.61. The van der Waals surface area contributed by atoms with Gasteiger partial charge in [0.2, 0.25) is 10.0 Å². The molecule has 0 aliphatic heterocycles. The van der Waals surface area contributed by atoms with Gasteiger partial charge in [-0.05, 0) is 29.7 Å². The lowest BCUT2D eigenvalue weighted by Crippen LogP contribution is -2.44. The molecule has 152 valence electrons. The predicted octanol–water partition coefficient (Wildman–Crippen LogP) is 3.95. The molecule has 6 nitrogen and oxygen atoms in total. The van der Waals surface area contributed by atoms with E-state index < -0.39 is 22.0 Å². The molecular weight excluding hydrogens is 408 g/mol. The van der Waals surface area contributed by atoms with Crippen LogP contribution in [0.3, 0.4) is 0 Å². The van der Waals surface area contributed by atoms with Crippen molar-refractivity contribution < 1.29 is 17.9 Å². The van der Waals surface area contributed by atoms with Gasteiger partial charge in [-0.15, -0.1) is 11.3 Å². The van der Waals surface area contributed by atoms with Gasteiger partial charge in [0.15, 0.2) is 0 Å². The number of nitrogens with zero attached hydrogens (tertiary/aromatic N) is 1. The van der Waals surface area contributed by atoms with Crippen LogP contribution in [0.4, 0.5) is 0 Å². The summed E-state index contributed by atoms with van der Waals surface area (Å²) >= 11 is 1.44. The first kappa shape index (κ1) is 21.2. The number of ether oxygens (including phenoxy) is 1. The van der Waals surface area contributed by atoms with Gasteiger partial charge in [0.25, 0.3) is 0 Å². The standard InChI is InChI=1S/C21H22N2O4S2/c1-15(2)20(23-29(25,26)13-12-16-8-4-3-5-9-16)21(24)27-14-19-22-17-10-6-7-11-18(17)28-19/h3-13,15,20,23H,14H2,1-2H3/b13-12+/t20-/m0/s1. The summed E-state index contributed by atoms with van der Waals surface area (Å²) < 4.78 is 33.6. The molecule has 1 heterocycles. The minimum Gasteiger partial charge on any atom is -0.457 e. The molecule has 0 amide bonds. The lowest BCUT2D eigenvalue weighted by atomic mass is 10.1. The second kappa shape index (κ2) is 9.30. The van der Waals surface area contributed by atoms with Crippen LogP contribution >= 0.6 is 11.3 Å². The third-order valence-electron chi connectivity index (χ3n) is 4.13. The lowest BCUT2D eigenvalue weighted by Gasteiger charge is -2.19. The van der Waals surface area contributed by atoms with E-state index in [0.29, 0.717) is 5.01 Å². The van der Waals surface area contributed by atoms with Crippen LogP contribution in [0.2, 0.25) is 0 Å². The zero-order chi connectivity index (χ0) is 20.9. The number of nitrogens with one attached hydrogen (secondary N) is 1. The highest BCUT2D eigenvalue weighted by Crippen LogP contribution is 2.22. The average Bonchev–Trinajstić information content (AvgIpc) is 3.12. The Bertz CT molecular complexity index is 1070. The van der Waals surface area contributed by atoms with Crippen molar-refractivity contribution in [2.75, 3.05) is 0 Å². The van der Waals surface area contributed by atoms with E-state index in [4.69, 9.17) is 4.74 Å². The zero-order valence-electron chi connectivity index (χ0n) is 16.1. The van der Waals surface area contributed by atoms with Crippen molar-refractivity contribution in [2.24, 2.45) is 5.92 Å². The molecule has 0 radical (unpaired) electrons. The van der Waals surface area contributed by atoms with Gasteiger partial charge in [-0.2, -0.15) is 4.72 Å². The average molecular weight is 431 g/mol. The molecule has 0 saturated carbocycles. The molecule has 0 aliphatic rings. The van der Waals surface area contributed by atoms with E-state index in [0.717, 1.165) is 21.2 Å². The topological polar surface area (TPSA) is 85.4 Å². The first-order valence-corrected chi connectivity index (χ1v) is 11.5. The highest BCUT2D eigenvalue weighted by Gasteiger charge is 2.28. The van der Waals surface area contributed by atoms with Crippen molar-refractivity contribution in [1.29, 1.82) is 0 Å². The van der Waals surface area contributed by atoms with Crippen molar-refractivity contribution in [3.8, 4) is 0 Å². The molecule has 29 heavy (non-hydrogen) atoms. The number of carbonyl (C=O) groups excluding carboxylic acids is 1. The van der Waals surface area contributed by atoms with Gasteiger partial charge in [0.05, 0.1) is 10.2 Å². The van der Waals surface area contributed by atoms with Crippen LogP contribution < -0.4 is 4.72 Å². The van der Waals surface area contributed by atoms with Crippen LogP contribution in [0.15, 0.2) is 60.0 Å². The lowest BCUT2D eigenvalue weighted by molar-refractivity contribution is -0.148. The normalized spacial score (nSPS) is 13.2. The summed E-state index contributed by atoms with van der Waals surface area (Å²) in [5.41, 5.74) is 1.59. The summed E-state index contributed by atoms with van der Waals surface area (Å²) in [5, 5.41) is 1.72. The number of esters is 1. The van der Waals surface area contributed by atoms with Gasteiger partial charge in [-0.25, -0.2) is 13.4 Å². The van der Waals surface area contributed by atoms with Crippen molar-refractivity contribution in [3.63, 3.8) is 0 Å². The molecule has 1 N–H and O–H groups in total. The Balaban J connectivity index is 1.64. The molecule has 8 heteroatoms. The number of hydrogen-bond acceptors (Lipinski definition) is 6. The van der Waals surface area contributed by atoms with Gasteiger partial charge in [0.1, 0.15) is 17.7 Å². The summed E-state index contributed by atoms with van der Waals surface area (Å²) in [6.45, 7) is 3.52. The molecule has 1 atom stereocenters. The predicted molar refractivity (Wildman–Crippen MR) is 116 cm³/mol. The van der Waals surface area contributed by atoms with Crippen LogP contribution in [-0.2, 0) is 26.2 Å². The third-order valence-corrected chi connectivity index (χ3v) is 6.21. The Morgan fingerprint density at radius 1 is 1.14 bits per heavy atom. The SMILES string of the molecule is CC(C)[C@H](NS(=O)(=O)/C=C/c1ccccc1)C(=O)OCc1nc2ccccc2s1. The molecule has 3 aromatic rings. The molecule has 2 aromatic carbocycles. The monoisotopic (exact) mass is 430 g/mol. The van der Waals surface area contributed by atoms with Crippen molar-refractivity contribution >= 4 is 43.6 Å². The molecule has 0 unspecified atom stereocenters. The fraction of sp³-hybridized carbons (Fsp3) is 0.238. The minimum atomic E-state index is -3.82. The Kier molecular flexibility index (Phi) is 6.79. The minimum absolute atomic E-state index is 0.00296. The largest absolute Gasteiger partial charge is 0.457 e. The van der Waals surface area contributed by atoms with E-state index in [1.54, 1.807) is 26.0 Å². The Morgan fingerprint density at radius 2 is 1.83 bits per heavy atom. The third kappa shape index (κ3) is 5.96. The summed E-state index contributed by atoms with van der Waals surface area (Å²) in [6.07, 6.45) is 1.48. The van der Waals surface area contributed by atoms with Gasteiger partial charge in [-0.1, -0.05) is 56.3 Å². The van der Waals surface area contributed by atoms with E-state index in [1.807, 2.05) is 42.5 Å². The molecule has 0 bridgehead atoms. The number of para-hydroxylation sites is 1. The molecule has 0 fully saturated rings. The number of aromatic nitrogens is 1. The summed E-state index contributed by atoms with van der Waals surface area (Å²) in [6, 6.07) is 15.7. The van der Waals surface area contributed by atoms with E-state index in [9.17, 15) is 13.2 Å². The maximum atomic E-state index is 12.5. The number of sulfonamides is 1. The van der Waals surface area contributed by atoms with Crippen LogP contribution in [0.25, 0.3) is 16.3 Å². The molecule has 1 aromatic heterocycles. The molecule has 3 rings (SSSR count). The summed E-state index contributed by atoms with van der Waals surface area (Å²) in [7, 11) is -3.82. The van der Waals surface area contributed by atoms with Gasteiger partial charge < -0.3 is 4.74 Å². The molecule has 0 spiro atoms. The maximum absolute atomic E-state index is 12.5. The number of benzene rings is 2. The van der Waals surface area contributed by atoms with Crippen molar-refractivity contribution in [2.45, 2.75) is 26.5 Å². The second-order valence-electron chi connectivity index (χ2n) is 6.78. The second-order valence-corrected chi connectivity index (χ2v) is 9.49. The van der Waals surface area contributed by atoms with Gasteiger partial charge >= 0.3 is 5.97 Å². The molecule has 0 saturated heterocycles. The Morgan fingerprint density at radius 3 is 2.52 bits per heavy atom. The number of thiazole rings is 1. The van der Waals surface area contributed by atoms with E-state index in [1.165, 1.54) is 17.4 Å². The summed E-state index contributed by atoms with van der Waals surface area (Å²) in [4.78, 5) is 16.9. The quantitative estimate of drug-likeness (QED) is 0.547. The van der Waals surface area contributed by atoms with Crippen LogP contribution in [0.5, 0.6) is 0 Å². The highest BCUT2D eigenvalue weighted by atomic mass is 32.2. The van der Waals surface area contributed by atoms with Crippen LogP contribution in [-0.4, -0.2) is 25.4 Å². The smallest absolute Gasteiger partial charge is 0.324 e.